The molecule has 5 heteroatoms. The SMILES string of the molecule is [BaH2].[LiH].[MgH2].[Mn].[Ni]. The summed E-state index contributed by atoms with van der Waals surface area (Å²) in [6.45, 7) is 0. The summed E-state index contributed by atoms with van der Waals surface area (Å²) in [6, 6.07) is 0. The Morgan fingerprint density at radius 3 is 1.00 bits per heavy atom. The molecular formula is H5BaLiMgMnNi. The van der Waals surface area contributed by atoms with Crippen molar-refractivity contribution in [3.05, 3.63) is 0 Å². The minimum absolute atomic E-state index is 0. The Hall–Kier alpha value is 3.95. The van der Waals surface area contributed by atoms with Crippen LogP contribution in [0.5, 0.6) is 0 Å². The van der Waals surface area contributed by atoms with Crippen LogP contribution in [-0.2, 0) is 33.6 Å². The van der Waals surface area contributed by atoms with Gasteiger partial charge in [-0.25, -0.2) is 0 Å². The molecule has 0 aliphatic rings. The van der Waals surface area contributed by atoms with Gasteiger partial charge in [-0.1, -0.05) is 0 Å². The van der Waals surface area contributed by atoms with Crippen LogP contribution in [0.3, 0.4) is 0 Å². The van der Waals surface area contributed by atoms with Crippen molar-refractivity contribution in [2.75, 3.05) is 0 Å². The van der Waals surface area contributed by atoms with Gasteiger partial charge in [-0.3, -0.25) is 0 Å². The van der Waals surface area contributed by atoms with E-state index in [-0.39, 0.29) is 124 Å². The third-order valence-electron chi connectivity index (χ3n) is 0. The van der Waals surface area contributed by atoms with Crippen LogP contribution in [0, 0.1) is 0 Å². The van der Waals surface area contributed by atoms with E-state index < -0.39 is 0 Å². The van der Waals surface area contributed by atoms with Crippen molar-refractivity contribution in [2.24, 2.45) is 0 Å². The van der Waals surface area contributed by atoms with E-state index in [4.69, 9.17) is 0 Å². The van der Waals surface area contributed by atoms with Gasteiger partial charge in [0.25, 0.3) is 0 Å². The minimum atomic E-state index is 0. The summed E-state index contributed by atoms with van der Waals surface area (Å²) in [7, 11) is 0. The van der Waals surface area contributed by atoms with E-state index in [1.165, 1.54) is 0 Å². The zero-order valence-corrected chi connectivity index (χ0v) is 2.86. The molecule has 0 saturated carbocycles. The van der Waals surface area contributed by atoms with Gasteiger partial charge in [0.05, 0.1) is 0 Å². The smallest absolute Gasteiger partial charge is 0 e. The van der Waals surface area contributed by atoms with Gasteiger partial charge >= 0.3 is 90.8 Å². The summed E-state index contributed by atoms with van der Waals surface area (Å²) < 4.78 is 0. The van der Waals surface area contributed by atoms with Crippen molar-refractivity contribution in [2.45, 2.75) is 0 Å². The van der Waals surface area contributed by atoms with Crippen LogP contribution >= 0.6 is 0 Å². The second-order valence-corrected chi connectivity index (χ2v) is 0. The van der Waals surface area contributed by atoms with Crippen molar-refractivity contribution in [3.63, 3.8) is 0 Å². The molecule has 0 atom stereocenters. The average Bonchev–Trinajstić information content (AvgIpc) is 0. The molecule has 0 saturated heterocycles. The van der Waals surface area contributed by atoms with Crippen LogP contribution < -0.4 is 0 Å². The fourth-order valence-corrected chi connectivity index (χ4v) is 0. The number of hydrogen-bond donors (Lipinski definition) is 0. The molecule has 0 aliphatic heterocycles. The molecule has 0 aliphatic carbocycles. The van der Waals surface area contributed by atoms with Gasteiger partial charge in [-0.05, 0) is 0 Å². The van der Waals surface area contributed by atoms with Gasteiger partial charge in [-0.15, -0.1) is 0 Å². The largest absolute Gasteiger partial charge is 0.316 e. The van der Waals surface area contributed by atoms with E-state index >= 15 is 0 Å². The van der Waals surface area contributed by atoms with Gasteiger partial charge in [-0.2, -0.15) is 0 Å². The molecular weight excluding hydrogens is 282 g/mol. The van der Waals surface area contributed by atoms with Crippen molar-refractivity contribution in [1.29, 1.82) is 0 Å². The van der Waals surface area contributed by atoms with E-state index in [0.29, 0.717) is 0 Å². The standard InChI is InChI=1S/Ba.Li.Mg.Mn.Ni.5H. The quantitative estimate of drug-likeness (QED) is 0.433. The van der Waals surface area contributed by atoms with Gasteiger partial charge in [0.1, 0.15) is 0 Å². The Balaban J connectivity index is 0. The monoisotopic (exact) mass is 287 g/mol. The van der Waals surface area contributed by atoms with E-state index in [1.54, 1.807) is 0 Å². The Kier molecular flexibility index (Phi) is 179. The predicted molar refractivity (Wildman–Crippen MR) is 24.2 cm³/mol. The van der Waals surface area contributed by atoms with Gasteiger partial charge < -0.3 is 0 Å². The molecule has 0 N–H and O–H groups in total. The van der Waals surface area contributed by atoms with Crippen molar-refractivity contribution in [1.82, 2.24) is 0 Å². The van der Waals surface area contributed by atoms with E-state index in [9.17, 15) is 0 Å². The molecule has 1 radical (unpaired) electrons. The summed E-state index contributed by atoms with van der Waals surface area (Å²) in [6.07, 6.45) is 0. The Morgan fingerprint density at radius 2 is 1.00 bits per heavy atom. The maximum atomic E-state index is 0. The molecule has 0 fully saturated rings. The first-order valence-corrected chi connectivity index (χ1v) is 0. The Labute approximate surface area is 121 Å². The van der Waals surface area contributed by atoms with E-state index in [2.05, 4.69) is 0 Å². The molecule has 27 valence electrons. The third kappa shape index (κ3) is 18.0. The Bertz CT molecular complexity index is 11.6. The molecule has 0 amide bonds. The number of rotatable bonds is 0. The van der Waals surface area contributed by atoms with Gasteiger partial charge in [0.15, 0.2) is 0 Å². The fraction of sp³-hybridized carbons (Fsp3) is 0. The second kappa shape index (κ2) is 24.6. The molecule has 0 nitrogen and oxygen atoms in total. The van der Waals surface area contributed by atoms with Crippen LogP contribution in [-0.4, -0.2) is 90.8 Å². The van der Waals surface area contributed by atoms with Crippen LogP contribution in [0.15, 0.2) is 0 Å². The number of hydrogen-bond acceptors (Lipinski definition) is 0. The van der Waals surface area contributed by atoms with Crippen LogP contribution in [0.2, 0.25) is 0 Å². The molecule has 0 bridgehead atoms. The molecule has 0 rings (SSSR count). The molecule has 0 unspecified atom stereocenters. The summed E-state index contributed by atoms with van der Waals surface area (Å²) in [5, 5.41) is 0. The zero-order chi connectivity index (χ0) is 0. The Morgan fingerprint density at radius 1 is 1.00 bits per heavy atom. The third-order valence-corrected chi connectivity index (χ3v) is 0. The first kappa shape index (κ1) is 36.3. The molecule has 0 aromatic rings. The molecule has 0 heterocycles. The van der Waals surface area contributed by atoms with Crippen molar-refractivity contribution in [3.8, 4) is 0 Å². The van der Waals surface area contributed by atoms with Crippen LogP contribution in [0.4, 0.5) is 0 Å². The molecule has 0 aromatic heterocycles. The summed E-state index contributed by atoms with van der Waals surface area (Å²) in [5.74, 6) is 0. The van der Waals surface area contributed by atoms with Gasteiger partial charge in [0, 0.05) is 33.6 Å². The first-order valence-electron chi connectivity index (χ1n) is 0. The molecule has 0 spiro atoms. The van der Waals surface area contributed by atoms with Crippen molar-refractivity contribution < 1.29 is 33.6 Å². The van der Waals surface area contributed by atoms with Crippen LogP contribution in [0.1, 0.15) is 0 Å². The maximum absolute atomic E-state index is 0. The average molecular weight is 287 g/mol. The van der Waals surface area contributed by atoms with E-state index in [0.717, 1.165) is 0 Å². The van der Waals surface area contributed by atoms with E-state index in [1.807, 2.05) is 0 Å². The molecule has 5 heavy (non-hydrogen) atoms. The van der Waals surface area contributed by atoms with Gasteiger partial charge in [0.2, 0.25) is 0 Å². The summed E-state index contributed by atoms with van der Waals surface area (Å²) in [4.78, 5) is 0. The second-order valence-electron chi connectivity index (χ2n) is 0. The first-order chi connectivity index (χ1) is 0. The van der Waals surface area contributed by atoms with Crippen LogP contribution in [0.25, 0.3) is 0 Å². The minimum Gasteiger partial charge on any atom is 0 e. The molecule has 0 aromatic carbocycles. The topological polar surface area (TPSA) is 0 Å². The fourth-order valence-electron chi connectivity index (χ4n) is 0. The van der Waals surface area contributed by atoms with Crippen molar-refractivity contribution >= 4 is 90.8 Å². The summed E-state index contributed by atoms with van der Waals surface area (Å²) >= 11 is 0. The predicted octanol–water partition coefficient (Wildman–Crippen LogP) is -2.49. The normalized spacial score (nSPS) is 0. The maximum Gasteiger partial charge on any atom is 0.316 e. The zero-order valence-electron chi connectivity index (χ0n) is 0.694. The summed E-state index contributed by atoms with van der Waals surface area (Å²) in [5.41, 5.74) is 0.